The Morgan fingerprint density at radius 3 is 2.90 bits per heavy atom. The van der Waals surface area contributed by atoms with E-state index in [1.807, 2.05) is 24.3 Å². The Morgan fingerprint density at radius 2 is 2.15 bits per heavy atom. The number of aromatic amines is 1. The minimum absolute atomic E-state index is 0.125. The highest BCUT2D eigenvalue weighted by atomic mass is 16.5. The van der Waals surface area contributed by atoms with E-state index in [9.17, 15) is 14.7 Å². The maximum Gasteiger partial charge on any atom is 0.331 e. The highest BCUT2D eigenvalue weighted by Crippen LogP contribution is 2.29. The first kappa shape index (κ1) is 12.5. The zero-order valence-corrected chi connectivity index (χ0v) is 10.9. The Balaban J connectivity index is 1.90. The molecule has 1 aliphatic rings. The van der Waals surface area contributed by atoms with E-state index >= 15 is 0 Å². The summed E-state index contributed by atoms with van der Waals surface area (Å²) in [6.45, 7) is 1.66. The lowest BCUT2D eigenvalue weighted by atomic mass is 10.1. The minimum Gasteiger partial charge on any atom is -0.494 e. The lowest BCUT2D eigenvalue weighted by molar-refractivity contribution is 0.199. The average molecular weight is 274 g/mol. The summed E-state index contributed by atoms with van der Waals surface area (Å²) in [6, 6.07) is 7.65. The number of benzene rings is 1. The molecule has 3 rings (SSSR count). The number of H-pyrrole nitrogens is 1. The molecule has 1 aromatic carbocycles. The molecule has 0 radical (unpaired) electrons. The van der Waals surface area contributed by atoms with Gasteiger partial charge in [0.1, 0.15) is 11.9 Å². The van der Waals surface area contributed by atoms with E-state index in [1.165, 1.54) is 6.92 Å². The summed E-state index contributed by atoms with van der Waals surface area (Å²) in [5.74, 6) is 0.490. The molecule has 6 nitrogen and oxygen atoms in total. The summed E-state index contributed by atoms with van der Waals surface area (Å²) in [6.07, 6.45) is 0.432. The molecule has 0 amide bonds. The molecule has 6 heteroatoms. The van der Waals surface area contributed by atoms with Gasteiger partial charge in [0.05, 0.1) is 12.1 Å². The smallest absolute Gasteiger partial charge is 0.331 e. The molecular weight excluding hydrogens is 260 g/mol. The van der Waals surface area contributed by atoms with E-state index in [1.54, 1.807) is 0 Å². The van der Waals surface area contributed by atoms with E-state index in [0.717, 1.165) is 15.9 Å². The van der Waals surface area contributed by atoms with Gasteiger partial charge in [-0.1, -0.05) is 18.2 Å². The molecule has 0 aliphatic carbocycles. The largest absolute Gasteiger partial charge is 0.494 e. The summed E-state index contributed by atoms with van der Waals surface area (Å²) >= 11 is 0. The van der Waals surface area contributed by atoms with Gasteiger partial charge in [0, 0.05) is 6.42 Å². The number of aromatic nitrogens is 2. The van der Waals surface area contributed by atoms with Crippen molar-refractivity contribution in [2.45, 2.75) is 26.0 Å². The number of aromatic hydroxyl groups is 1. The standard InChI is InChI=1S/C14H14N2O4/c1-8-12(17)15-14(19)16(13(8)18)7-10-6-9-4-2-3-5-11(9)20-10/h2-5,10,18H,6-7H2,1H3,(H,15,17,19). The van der Waals surface area contributed by atoms with Gasteiger partial charge in [-0.05, 0) is 18.6 Å². The average Bonchev–Trinajstić information content (AvgIpc) is 2.83. The second-order valence-corrected chi connectivity index (χ2v) is 4.87. The van der Waals surface area contributed by atoms with Gasteiger partial charge in [-0.25, -0.2) is 4.79 Å². The van der Waals surface area contributed by atoms with Gasteiger partial charge in [0.2, 0.25) is 5.88 Å². The van der Waals surface area contributed by atoms with Crippen LogP contribution in [0.2, 0.25) is 0 Å². The van der Waals surface area contributed by atoms with Crippen LogP contribution in [0.1, 0.15) is 11.1 Å². The van der Waals surface area contributed by atoms with Crippen molar-refractivity contribution in [3.8, 4) is 11.6 Å². The number of nitrogens with zero attached hydrogens (tertiary/aromatic N) is 1. The van der Waals surface area contributed by atoms with Crippen LogP contribution in [0.25, 0.3) is 0 Å². The van der Waals surface area contributed by atoms with Gasteiger partial charge in [0.15, 0.2) is 0 Å². The van der Waals surface area contributed by atoms with Crippen molar-refractivity contribution in [3.63, 3.8) is 0 Å². The molecule has 1 atom stereocenters. The third-order valence-electron chi connectivity index (χ3n) is 3.50. The number of ether oxygens (including phenoxy) is 1. The van der Waals surface area contributed by atoms with Crippen LogP contribution in [-0.4, -0.2) is 20.8 Å². The molecule has 1 unspecified atom stereocenters. The third kappa shape index (κ3) is 1.99. The molecule has 2 aromatic rings. The van der Waals surface area contributed by atoms with Crippen LogP contribution in [0.4, 0.5) is 0 Å². The van der Waals surface area contributed by atoms with E-state index in [-0.39, 0.29) is 24.1 Å². The number of nitrogens with one attached hydrogen (secondary N) is 1. The number of fused-ring (bicyclic) bond motifs is 1. The van der Waals surface area contributed by atoms with E-state index in [4.69, 9.17) is 4.74 Å². The van der Waals surface area contributed by atoms with Crippen LogP contribution in [0.3, 0.4) is 0 Å². The van der Waals surface area contributed by atoms with Crippen LogP contribution in [0.15, 0.2) is 33.9 Å². The molecule has 20 heavy (non-hydrogen) atoms. The Labute approximate surface area is 114 Å². The molecule has 0 saturated heterocycles. The molecule has 104 valence electrons. The molecule has 0 bridgehead atoms. The Hall–Kier alpha value is -2.50. The zero-order valence-electron chi connectivity index (χ0n) is 10.9. The summed E-state index contributed by atoms with van der Waals surface area (Å²) in [5, 5.41) is 9.92. The third-order valence-corrected chi connectivity index (χ3v) is 3.50. The van der Waals surface area contributed by atoms with Gasteiger partial charge in [0.25, 0.3) is 5.56 Å². The molecule has 1 aromatic heterocycles. The van der Waals surface area contributed by atoms with Crippen molar-refractivity contribution in [3.05, 3.63) is 56.2 Å². The summed E-state index contributed by atoms with van der Waals surface area (Å²) < 4.78 is 6.86. The monoisotopic (exact) mass is 274 g/mol. The number of para-hydroxylation sites is 1. The van der Waals surface area contributed by atoms with E-state index < -0.39 is 11.2 Å². The van der Waals surface area contributed by atoms with E-state index in [0.29, 0.717) is 6.42 Å². The van der Waals surface area contributed by atoms with Crippen LogP contribution in [0, 0.1) is 6.92 Å². The zero-order chi connectivity index (χ0) is 14.3. The van der Waals surface area contributed by atoms with Crippen LogP contribution < -0.4 is 16.0 Å². The highest BCUT2D eigenvalue weighted by Gasteiger charge is 2.24. The molecular formula is C14H14N2O4. The van der Waals surface area contributed by atoms with Gasteiger partial charge in [-0.3, -0.25) is 14.3 Å². The Kier molecular flexibility index (Phi) is 2.85. The van der Waals surface area contributed by atoms with Crippen molar-refractivity contribution >= 4 is 0 Å². The molecule has 2 N–H and O–H groups in total. The fraction of sp³-hybridized carbons (Fsp3) is 0.286. The van der Waals surface area contributed by atoms with Gasteiger partial charge >= 0.3 is 5.69 Å². The minimum atomic E-state index is -0.627. The van der Waals surface area contributed by atoms with Crippen molar-refractivity contribution < 1.29 is 9.84 Å². The Morgan fingerprint density at radius 1 is 1.40 bits per heavy atom. The first-order chi connectivity index (χ1) is 9.56. The van der Waals surface area contributed by atoms with Gasteiger partial charge in [-0.15, -0.1) is 0 Å². The first-order valence-corrected chi connectivity index (χ1v) is 6.33. The van der Waals surface area contributed by atoms with Crippen LogP contribution in [-0.2, 0) is 13.0 Å². The van der Waals surface area contributed by atoms with Crippen molar-refractivity contribution in [1.29, 1.82) is 0 Å². The topological polar surface area (TPSA) is 84.3 Å². The number of hydrogen-bond donors (Lipinski definition) is 2. The van der Waals surface area contributed by atoms with Gasteiger partial charge < -0.3 is 9.84 Å². The fourth-order valence-corrected chi connectivity index (χ4v) is 2.39. The predicted octanol–water partition coefficient (Wildman–Crippen LogP) is 0.554. The normalized spacial score (nSPS) is 16.8. The van der Waals surface area contributed by atoms with Crippen molar-refractivity contribution in [2.24, 2.45) is 0 Å². The van der Waals surface area contributed by atoms with Crippen molar-refractivity contribution in [1.82, 2.24) is 9.55 Å². The van der Waals surface area contributed by atoms with Crippen LogP contribution >= 0.6 is 0 Å². The summed E-state index contributed by atoms with van der Waals surface area (Å²) in [7, 11) is 0. The molecule has 0 saturated carbocycles. The summed E-state index contributed by atoms with van der Waals surface area (Å²) in [4.78, 5) is 25.3. The maximum absolute atomic E-state index is 11.8. The van der Waals surface area contributed by atoms with Gasteiger partial charge in [-0.2, -0.15) is 0 Å². The summed E-state index contributed by atoms with van der Waals surface area (Å²) in [5.41, 5.74) is 0.00308. The lowest BCUT2D eigenvalue weighted by Crippen LogP contribution is -2.35. The first-order valence-electron chi connectivity index (χ1n) is 6.33. The number of hydrogen-bond acceptors (Lipinski definition) is 4. The fourth-order valence-electron chi connectivity index (χ4n) is 2.39. The molecule has 0 spiro atoms. The molecule has 2 heterocycles. The lowest BCUT2D eigenvalue weighted by Gasteiger charge is -2.14. The second kappa shape index (κ2) is 4.56. The predicted molar refractivity (Wildman–Crippen MR) is 72.3 cm³/mol. The van der Waals surface area contributed by atoms with Crippen LogP contribution in [0.5, 0.6) is 11.6 Å². The highest BCUT2D eigenvalue weighted by molar-refractivity contribution is 5.37. The SMILES string of the molecule is Cc1c(O)n(CC2Cc3ccccc3O2)c(=O)[nH]c1=O. The second-order valence-electron chi connectivity index (χ2n) is 4.87. The molecule has 1 aliphatic heterocycles. The van der Waals surface area contributed by atoms with Crippen molar-refractivity contribution in [2.75, 3.05) is 0 Å². The quantitative estimate of drug-likeness (QED) is 0.837. The Bertz CT molecular complexity index is 750. The molecule has 0 fully saturated rings. The van der Waals surface area contributed by atoms with E-state index in [2.05, 4.69) is 4.98 Å². The maximum atomic E-state index is 11.8. The number of rotatable bonds is 2.